The summed E-state index contributed by atoms with van der Waals surface area (Å²) >= 11 is 5.71. The molecule has 0 saturated carbocycles. The normalized spacial score (nSPS) is 8.17. The van der Waals surface area contributed by atoms with E-state index in [4.69, 9.17) is 26.9 Å². The van der Waals surface area contributed by atoms with E-state index in [1.165, 1.54) is 0 Å². The minimum atomic E-state index is -1.50. The van der Waals surface area contributed by atoms with E-state index < -0.39 is 5.09 Å². The highest BCUT2D eigenvalue weighted by Crippen LogP contribution is 2.11. The van der Waals surface area contributed by atoms with E-state index in [0.29, 0.717) is 0 Å². The Labute approximate surface area is 74.5 Å². The number of aryl methyl sites for hydroxylation is 1. The standard InChI is InChI=1S/C7H7Cl.HNO3/c1-6-4-2-3-5-7(6)8;2-1(3)4/h2-5H,1H3;(H,2,3,4). The highest BCUT2D eigenvalue weighted by Gasteiger charge is 1.86. The van der Waals surface area contributed by atoms with Gasteiger partial charge in [-0.05, 0) is 18.6 Å². The van der Waals surface area contributed by atoms with Crippen molar-refractivity contribution < 1.29 is 10.3 Å². The van der Waals surface area contributed by atoms with Gasteiger partial charge in [0.25, 0.3) is 5.09 Å². The van der Waals surface area contributed by atoms with Gasteiger partial charge in [0, 0.05) is 5.02 Å². The van der Waals surface area contributed by atoms with Crippen molar-refractivity contribution in [1.82, 2.24) is 0 Å². The van der Waals surface area contributed by atoms with Crippen LogP contribution in [0.1, 0.15) is 5.56 Å². The van der Waals surface area contributed by atoms with Gasteiger partial charge in [-0.3, -0.25) is 0 Å². The second-order valence-electron chi connectivity index (χ2n) is 1.99. The van der Waals surface area contributed by atoms with Crippen LogP contribution in [0.5, 0.6) is 0 Å². The zero-order valence-corrected chi connectivity index (χ0v) is 7.15. The lowest BCUT2D eigenvalue weighted by Gasteiger charge is -1.90. The van der Waals surface area contributed by atoms with Crippen LogP contribution in [0.3, 0.4) is 0 Å². The van der Waals surface area contributed by atoms with Gasteiger partial charge in [0.1, 0.15) is 0 Å². The van der Waals surface area contributed by atoms with Gasteiger partial charge in [-0.2, -0.15) is 0 Å². The van der Waals surface area contributed by atoms with Gasteiger partial charge in [0.15, 0.2) is 0 Å². The van der Waals surface area contributed by atoms with Crippen molar-refractivity contribution in [2.75, 3.05) is 0 Å². The molecular formula is C7H8ClNO3. The first-order valence-corrected chi connectivity index (χ1v) is 3.46. The largest absolute Gasteiger partial charge is 0.328 e. The molecule has 0 bridgehead atoms. The molecule has 12 heavy (non-hydrogen) atoms. The number of benzene rings is 1. The van der Waals surface area contributed by atoms with Crippen molar-refractivity contribution in [2.45, 2.75) is 6.92 Å². The van der Waals surface area contributed by atoms with Crippen LogP contribution < -0.4 is 0 Å². The number of hydrogen-bond acceptors (Lipinski definition) is 2. The summed E-state index contributed by atoms with van der Waals surface area (Å²) in [7, 11) is 0. The van der Waals surface area contributed by atoms with Gasteiger partial charge in [0.05, 0.1) is 0 Å². The van der Waals surface area contributed by atoms with E-state index in [1.807, 2.05) is 31.2 Å². The Hall–Kier alpha value is -1.29. The van der Waals surface area contributed by atoms with Crippen molar-refractivity contribution >= 4 is 11.6 Å². The van der Waals surface area contributed by atoms with Crippen LogP contribution in [-0.4, -0.2) is 10.3 Å². The SMILES string of the molecule is Cc1ccccc1Cl.O=[N+]([O-])O. The average molecular weight is 190 g/mol. The van der Waals surface area contributed by atoms with Crippen molar-refractivity contribution in [1.29, 1.82) is 0 Å². The fraction of sp³-hybridized carbons (Fsp3) is 0.143. The summed E-state index contributed by atoms with van der Waals surface area (Å²) < 4.78 is 0. The monoisotopic (exact) mass is 189 g/mol. The molecule has 66 valence electrons. The van der Waals surface area contributed by atoms with Crippen molar-refractivity contribution in [3.8, 4) is 0 Å². The third-order valence-corrected chi connectivity index (χ3v) is 1.50. The van der Waals surface area contributed by atoms with Gasteiger partial charge < -0.3 is 5.21 Å². The van der Waals surface area contributed by atoms with Gasteiger partial charge >= 0.3 is 0 Å². The topological polar surface area (TPSA) is 63.4 Å². The van der Waals surface area contributed by atoms with Crippen LogP contribution in [0.15, 0.2) is 24.3 Å². The molecule has 1 aromatic rings. The molecule has 0 aliphatic heterocycles. The number of halogens is 1. The lowest BCUT2D eigenvalue weighted by atomic mass is 10.2. The second kappa shape index (κ2) is 5.37. The Morgan fingerprint density at radius 1 is 1.50 bits per heavy atom. The molecule has 0 atom stereocenters. The molecule has 4 nitrogen and oxygen atoms in total. The lowest BCUT2D eigenvalue weighted by molar-refractivity contribution is -0.742. The quantitative estimate of drug-likeness (QED) is 0.503. The summed E-state index contributed by atoms with van der Waals surface area (Å²) in [5.74, 6) is 0. The maximum absolute atomic E-state index is 8.36. The summed E-state index contributed by atoms with van der Waals surface area (Å²) in [5.41, 5.74) is 1.13. The number of rotatable bonds is 0. The summed E-state index contributed by atoms with van der Waals surface area (Å²) in [4.78, 5) is 8.36. The van der Waals surface area contributed by atoms with Gasteiger partial charge in [-0.1, -0.05) is 29.8 Å². The van der Waals surface area contributed by atoms with Gasteiger partial charge in [0.2, 0.25) is 0 Å². The Kier molecular flexibility index (Phi) is 4.79. The predicted octanol–water partition coefficient (Wildman–Crippen LogP) is 2.30. The third-order valence-electron chi connectivity index (χ3n) is 1.08. The molecule has 0 saturated heterocycles. The smallest absolute Gasteiger partial charge is 0.291 e. The minimum absolute atomic E-state index is 0.840. The van der Waals surface area contributed by atoms with E-state index in [1.54, 1.807) is 0 Å². The molecule has 1 aromatic carbocycles. The van der Waals surface area contributed by atoms with Crippen LogP contribution in [0, 0.1) is 17.0 Å². The summed E-state index contributed by atoms with van der Waals surface area (Å²) in [6.45, 7) is 1.99. The molecule has 0 heterocycles. The van der Waals surface area contributed by atoms with Crippen LogP contribution in [0.2, 0.25) is 5.02 Å². The molecule has 0 aliphatic carbocycles. The van der Waals surface area contributed by atoms with Crippen molar-refractivity contribution in [2.24, 2.45) is 0 Å². The third kappa shape index (κ3) is 5.49. The molecule has 5 heteroatoms. The molecule has 0 unspecified atom stereocenters. The lowest BCUT2D eigenvalue weighted by Crippen LogP contribution is -1.81. The minimum Gasteiger partial charge on any atom is -0.328 e. The molecule has 1 rings (SSSR count). The van der Waals surface area contributed by atoms with Crippen molar-refractivity contribution in [3.63, 3.8) is 0 Å². The Morgan fingerprint density at radius 3 is 2.17 bits per heavy atom. The zero-order chi connectivity index (χ0) is 9.56. The second-order valence-corrected chi connectivity index (χ2v) is 2.39. The first-order chi connectivity index (χ1) is 5.54. The predicted molar refractivity (Wildman–Crippen MR) is 45.0 cm³/mol. The fourth-order valence-electron chi connectivity index (χ4n) is 0.551. The van der Waals surface area contributed by atoms with Crippen LogP contribution >= 0.6 is 11.6 Å². The maximum atomic E-state index is 8.36. The average Bonchev–Trinajstić information content (AvgIpc) is 1.94. The summed E-state index contributed by atoms with van der Waals surface area (Å²) in [6.07, 6.45) is 0. The first-order valence-electron chi connectivity index (χ1n) is 3.08. The van der Waals surface area contributed by atoms with E-state index >= 15 is 0 Å². The molecule has 0 fully saturated rings. The van der Waals surface area contributed by atoms with Crippen molar-refractivity contribution in [3.05, 3.63) is 45.0 Å². The molecule has 0 aliphatic rings. The zero-order valence-electron chi connectivity index (χ0n) is 6.40. The van der Waals surface area contributed by atoms with Crippen LogP contribution in [0.4, 0.5) is 0 Å². The van der Waals surface area contributed by atoms with Crippen LogP contribution in [-0.2, 0) is 0 Å². The molecular weight excluding hydrogens is 182 g/mol. The Balaban J connectivity index is 0.000000261. The molecule has 0 amide bonds. The summed E-state index contributed by atoms with van der Waals surface area (Å²) in [5, 5.41) is 14.5. The van der Waals surface area contributed by atoms with Crippen LogP contribution in [0.25, 0.3) is 0 Å². The Morgan fingerprint density at radius 2 is 1.92 bits per heavy atom. The maximum Gasteiger partial charge on any atom is 0.291 e. The fourth-order valence-corrected chi connectivity index (χ4v) is 0.687. The molecule has 1 N–H and O–H groups in total. The Bertz CT molecular complexity index is 240. The van der Waals surface area contributed by atoms with Gasteiger partial charge in [-0.15, -0.1) is 10.1 Å². The summed E-state index contributed by atoms with van der Waals surface area (Å²) in [6, 6.07) is 7.77. The van der Waals surface area contributed by atoms with E-state index in [-0.39, 0.29) is 0 Å². The number of hydrogen-bond donors (Lipinski definition) is 1. The molecule has 0 spiro atoms. The molecule has 0 aromatic heterocycles. The molecule has 0 radical (unpaired) electrons. The van der Waals surface area contributed by atoms with Gasteiger partial charge in [-0.25, -0.2) is 0 Å². The van der Waals surface area contributed by atoms with E-state index in [0.717, 1.165) is 10.6 Å². The van der Waals surface area contributed by atoms with E-state index in [2.05, 4.69) is 0 Å². The first kappa shape index (κ1) is 10.7. The highest BCUT2D eigenvalue weighted by molar-refractivity contribution is 6.31. The highest BCUT2D eigenvalue weighted by atomic mass is 35.5. The van der Waals surface area contributed by atoms with E-state index in [9.17, 15) is 0 Å². The number of nitrogens with zero attached hydrogens (tertiary/aromatic N) is 1.